The van der Waals surface area contributed by atoms with Gasteiger partial charge in [-0.05, 0) is 26.3 Å². The topological polar surface area (TPSA) is 173 Å². The lowest BCUT2D eigenvalue weighted by Crippen LogP contribution is -2.34. The number of anilines is 1. The average molecular weight is 567 g/mol. The maximum atomic E-state index is 13.5. The molecular weight excluding hydrogens is 527 g/mol. The minimum atomic E-state index is -3.56. The van der Waals surface area contributed by atoms with Gasteiger partial charge < -0.3 is 34.1 Å². The van der Waals surface area contributed by atoms with Gasteiger partial charge in [0.15, 0.2) is 11.2 Å². The summed E-state index contributed by atoms with van der Waals surface area (Å²) in [4.78, 5) is 24.5. The molecule has 0 radical (unpaired) electrons. The van der Waals surface area contributed by atoms with E-state index in [1.54, 1.807) is 30.8 Å². The van der Waals surface area contributed by atoms with Crippen LogP contribution in [0.2, 0.25) is 0 Å². The number of esters is 1. The Balaban J connectivity index is 0.00000142. The molecule has 0 bridgehead atoms. The maximum Gasteiger partial charge on any atom is 0.323 e. The van der Waals surface area contributed by atoms with E-state index in [0.717, 1.165) is 12.7 Å². The molecule has 1 unspecified atom stereocenters. The third-order valence-electron chi connectivity index (χ3n) is 4.69. The quantitative estimate of drug-likeness (QED) is 0.120. The van der Waals surface area contributed by atoms with Gasteiger partial charge in [0, 0.05) is 13.7 Å². The zero-order valence-electron chi connectivity index (χ0n) is 23.1. The number of carbonyl (C=O) groups excluding carboxylic acids is 1. The number of fused-ring (bicyclic) bond motifs is 1. The van der Waals surface area contributed by atoms with E-state index >= 15 is 0 Å². The van der Waals surface area contributed by atoms with E-state index in [2.05, 4.69) is 26.6 Å². The molecule has 2 heterocycles. The number of nitrogen functional groups attached to an aromatic ring is 1. The van der Waals surface area contributed by atoms with Gasteiger partial charge in [0.05, 0.1) is 33.3 Å². The van der Waals surface area contributed by atoms with Gasteiger partial charge in [0.2, 0.25) is 11.8 Å². The number of aliphatic hydroxyl groups is 1. The van der Waals surface area contributed by atoms with Gasteiger partial charge >= 0.3 is 5.97 Å². The molecule has 0 aliphatic heterocycles. The third-order valence-corrected chi connectivity index (χ3v) is 6.54. The number of hydrogen-bond donors (Lipinski definition) is 3. The average Bonchev–Trinajstić information content (AvgIpc) is 3.34. The maximum absolute atomic E-state index is 13.5. The molecule has 0 fully saturated rings. The molecule has 14 heteroatoms. The Bertz CT molecular complexity index is 1190. The number of hydrogen-bond acceptors (Lipinski definition) is 11. The monoisotopic (exact) mass is 566 g/mol. The lowest BCUT2D eigenvalue weighted by atomic mass is 10.2. The van der Waals surface area contributed by atoms with Gasteiger partial charge in [-0.15, -0.1) is 6.58 Å². The van der Waals surface area contributed by atoms with Crippen LogP contribution in [0.15, 0.2) is 49.3 Å². The Morgan fingerprint density at radius 2 is 1.95 bits per heavy atom. The van der Waals surface area contributed by atoms with Crippen LogP contribution in [-0.2, 0) is 36.5 Å². The Kier molecular flexibility index (Phi) is 15.6. The van der Waals surface area contributed by atoms with Crippen LogP contribution in [0.3, 0.4) is 0 Å². The minimum absolute atomic E-state index is 0.0583. The molecule has 0 saturated carbocycles. The van der Waals surface area contributed by atoms with Crippen molar-refractivity contribution in [3.63, 3.8) is 0 Å². The van der Waals surface area contributed by atoms with Crippen LogP contribution in [0.4, 0.5) is 5.95 Å². The van der Waals surface area contributed by atoms with Crippen LogP contribution >= 0.6 is 7.52 Å². The molecule has 0 aliphatic carbocycles. The van der Waals surface area contributed by atoms with E-state index < -0.39 is 19.5 Å². The molecule has 0 aliphatic rings. The Morgan fingerprint density at radius 3 is 2.56 bits per heavy atom. The van der Waals surface area contributed by atoms with E-state index in [0.29, 0.717) is 17.7 Å². The van der Waals surface area contributed by atoms with Crippen LogP contribution in [-0.4, -0.2) is 70.4 Å². The fraction of sp³-hybridized carbons (Fsp3) is 0.440. The number of nitrogens with one attached hydrogen (secondary N) is 1. The van der Waals surface area contributed by atoms with Crippen molar-refractivity contribution in [2.75, 3.05) is 39.5 Å². The second kappa shape index (κ2) is 18.0. The summed E-state index contributed by atoms with van der Waals surface area (Å²) in [6.07, 6.45) is 3.06. The zero-order valence-corrected chi connectivity index (χ0v) is 24.0. The molecule has 216 valence electrons. The Labute approximate surface area is 228 Å². The summed E-state index contributed by atoms with van der Waals surface area (Å²) >= 11 is 0. The predicted molar refractivity (Wildman–Crippen MR) is 149 cm³/mol. The summed E-state index contributed by atoms with van der Waals surface area (Å²) in [6.45, 7) is 9.34. The van der Waals surface area contributed by atoms with Crippen molar-refractivity contribution < 1.29 is 33.2 Å². The molecule has 13 nitrogen and oxygen atoms in total. The summed E-state index contributed by atoms with van der Waals surface area (Å²) in [5.74, 6) is -0.191. The van der Waals surface area contributed by atoms with E-state index in [-0.39, 0.29) is 38.0 Å². The standard InChI is InChI=1S/C21H29N6O6P.C3H6.CH4O/c1-4-32-20(28)15(2)26-34(29,33-12-16-8-6-5-7-9-16)14-31-11-10-27-13-23-17-18(27)24-21(22)25-19(17)30-3;1-3-2;1-2/h5-9,13,15H,4,10-12,14H2,1-3H3,(H,26,29)(H2,22,24,25);3H,1H2,2H3;2H,1H3/t15?,34-;;/m1../s1. The van der Waals surface area contributed by atoms with Crippen LogP contribution in [0.1, 0.15) is 26.3 Å². The molecule has 3 rings (SSSR count). The number of aromatic nitrogens is 4. The van der Waals surface area contributed by atoms with Gasteiger partial charge in [-0.2, -0.15) is 9.97 Å². The van der Waals surface area contributed by atoms with Gasteiger partial charge in [0.1, 0.15) is 12.4 Å². The van der Waals surface area contributed by atoms with Crippen molar-refractivity contribution in [3.8, 4) is 5.88 Å². The fourth-order valence-corrected chi connectivity index (χ4v) is 4.71. The highest BCUT2D eigenvalue weighted by atomic mass is 31.2. The minimum Gasteiger partial charge on any atom is -0.479 e. The number of carbonyl (C=O) groups is 1. The number of benzene rings is 1. The van der Waals surface area contributed by atoms with Crippen LogP contribution in [0.25, 0.3) is 11.2 Å². The number of methoxy groups -OCH3 is 1. The lowest BCUT2D eigenvalue weighted by Gasteiger charge is -2.23. The van der Waals surface area contributed by atoms with Crippen molar-refractivity contribution in [1.82, 2.24) is 24.6 Å². The summed E-state index contributed by atoms with van der Waals surface area (Å²) in [5.41, 5.74) is 7.54. The SMILES string of the molecule is C=CC.CCOC(=O)C(C)N[P@@](=O)(COCCn1cnc2c(OC)nc(N)nc21)OCc1ccccc1.CO. The highest BCUT2D eigenvalue weighted by Crippen LogP contribution is 2.44. The molecule has 0 saturated heterocycles. The van der Waals surface area contributed by atoms with Crippen molar-refractivity contribution in [1.29, 1.82) is 0 Å². The fourth-order valence-electron chi connectivity index (χ4n) is 3.07. The molecule has 4 N–H and O–H groups in total. The lowest BCUT2D eigenvalue weighted by molar-refractivity contribution is -0.144. The van der Waals surface area contributed by atoms with Gasteiger partial charge in [-0.1, -0.05) is 36.4 Å². The second-order valence-corrected chi connectivity index (χ2v) is 9.80. The number of nitrogens with two attached hydrogens (primary N) is 1. The molecular formula is C25H39N6O7P. The molecule has 2 atom stereocenters. The molecule has 1 aromatic carbocycles. The first kappa shape index (κ1) is 33.7. The van der Waals surface area contributed by atoms with E-state index in [1.807, 2.05) is 37.3 Å². The first-order chi connectivity index (χ1) is 18.8. The number of aliphatic hydroxyl groups excluding tert-OH is 1. The summed E-state index contributed by atoms with van der Waals surface area (Å²) in [7, 11) is -1.08. The molecule has 39 heavy (non-hydrogen) atoms. The summed E-state index contributed by atoms with van der Waals surface area (Å²) in [6, 6.07) is 8.46. The number of allylic oxidation sites excluding steroid dienone is 1. The largest absolute Gasteiger partial charge is 0.479 e. The predicted octanol–water partition coefficient (Wildman–Crippen LogP) is 3.14. The summed E-state index contributed by atoms with van der Waals surface area (Å²) < 4.78 is 36.8. The van der Waals surface area contributed by atoms with Crippen LogP contribution in [0, 0.1) is 0 Å². The number of rotatable bonds is 13. The van der Waals surface area contributed by atoms with E-state index in [1.165, 1.54) is 7.11 Å². The molecule has 0 amide bonds. The number of imidazole rings is 1. The molecule has 3 aromatic rings. The first-order valence-electron chi connectivity index (χ1n) is 12.1. The van der Waals surface area contributed by atoms with Crippen LogP contribution in [0.5, 0.6) is 5.88 Å². The normalized spacial score (nSPS) is 12.7. The van der Waals surface area contributed by atoms with E-state index in [9.17, 15) is 9.36 Å². The van der Waals surface area contributed by atoms with Crippen molar-refractivity contribution in [2.45, 2.75) is 40.0 Å². The van der Waals surface area contributed by atoms with Crippen molar-refractivity contribution >= 4 is 30.6 Å². The molecule has 0 spiro atoms. The smallest absolute Gasteiger partial charge is 0.323 e. The number of ether oxygens (including phenoxy) is 3. The molecule has 2 aromatic heterocycles. The van der Waals surface area contributed by atoms with Crippen LogP contribution < -0.4 is 15.6 Å². The highest BCUT2D eigenvalue weighted by molar-refractivity contribution is 7.56. The van der Waals surface area contributed by atoms with Gasteiger partial charge in [0.25, 0.3) is 7.52 Å². The van der Waals surface area contributed by atoms with Gasteiger partial charge in [-0.25, -0.2) is 10.1 Å². The van der Waals surface area contributed by atoms with Gasteiger partial charge in [-0.3, -0.25) is 9.36 Å². The third kappa shape index (κ3) is 11.1. The van der Waals surface area contributed by atoms with E-state index in [4.69, 9.17) is 29.6 Å². The first-order valence-corrected chi connectivity index (χ1v) is 13.9. The van der Waals surface area contributed by atoms with Crippen molar-refractivity contribution in [2.24, 2.45) is 0 Å². The Hall–Kier alpha value is -3.35. The Morgan fingerprint density at radius 1 is 1.28 bits per heavy atom. The number of nitrogens with zero attached hydrogens (tertiary/aromatic N) is 4. The highest BCUT2D eigenvalue weighted by Gasteiger charge is 2.29. The summed E-state index contributed by atoms with van der Waals surface area (Å²) in [5, 5.41) is 9.75. The second-order valence-electron chi connectivity index (χ2n) is 7.68. The zero-order chi connectivity index (χ0) is 29.3. The van der Waals surface area contributed by atoms with Crippen molar-refractivity contribution in [3.05, 3.63) is 54.9 Å².